The summed E-state index contributed by atoms with van der Waals surface area (Å²) in [6, 6.07) is 6.84. The second-order valence-corrected chi connectivity index (χ2v) is 7.67. The predicted octanol–water partition coefficient (Wildman–Crippen LogP) is 4.29. The fraction of sp³-hybridized carbons (Fsp3) is 0.421. The van der Waals surface area contributed by atoms with Crippen LogP contribution in [0.5, 0.6) is 5.75 Å². The average Bonchev–Trinajstić information content (AvgIpc) is 2.97. The molecule has 0 spiro atoms. The first-order valence-electron chi connectivity index (χ1n) is 8.17. The molecule has 3 nitrogen and oxygen atoms in total. The highest BCUT2D eigenvalue weighted by atomic mass is 32.1. The summed E-state index contributed by atoms with van der Waals surface area (Å²) >= 11 is 1.61. The van der Waals surface area contributed by atoms with Crippen molar-refractivity contribution < 1.29 is 13.9 Å². The summed E-state index contributed by atoms with van der Waals surface area (Å²) in [6.45, 7) is 2.63. The third-order valence-electron chi connectivity index (χ3n) is 4.52. The monoisotopic (exact) mass is 347 g/mol. The highest BCUT2D eigenvalue weighted by Gasteiger charge is 2.22. The Kier molecular flexibility index (Phi) is 4.90. The Labute approximate surface area is 146 Å². The Balaban J connectivity index is 1.72. The van der Waals surface area contributed by atoms with Gasteiger partial charge in [-0.2, -0.15) is 0 Å². The first-order chi connectivity index (χ1) is 11.5. The molecule has 0 bridgehead atoms. The normalized spacial score (nSPS) is 16.6. The molecule has 1 aromatic carbocycles. The molecule has 0 fully saturated rings. The number of hydrogen-bond donors (Lipinski definition) is 0. The number of benzene rings is 1. The topological polar surface area (TPSA) is 29.5 Å². The van der Waals surface area contributed by atoms with Gasteiger partial charge in [0.05, 0.1) is 12.0 Å². The molecule has 0 radical (unpaired) electrons. The molecule has 24 heavy (non-hydrogen) atoms. The minimum absolute atomic E-state index is 0.00159. The van der Waals surface area contributed by atoms with E-state index in [-0.39, 0.29) is 11.7 Å². The van der Waals surface area contributed by atoms with Crippen molar-refractivity contribution in [2.75, 3.05) is 14.2 Å². The molecule has 3 rings (SSSR count). The standard InChI is InChI=1S/C19H22FNO2S/c1-12-4-7-17-14(8-12)10-18(24-17)19(22)21(2)11-13-5-6-16(23-3)15(20)9-13/h5-6,9-10,12H,4,7-8,11H2,1-3H3. The van der Waals surface area contributed by atoms with Crippen LogP contribution in [0.2, 0.25) is 0 Å². The SMILES string of the molecule is COc1ccc(CN(C)C(=O)c2cc3c(s2)CCC(C)C3)cc1F. The van der Waals surface area contributed by atoms with Gasteiger partial charge in [-0.3, -0.25) is 4.79 Å². The molecule has 1 atom stereocenters. The van der Waals surface area contributed by atoms with Gasteiger partial charge in [-0.05, 0) is 54.5 Å². The molecule has 0 saturated heterocycles. The Bertz CT molecular complexity index is 756. The van der Waals surface area contributed by atoms with E-state index in [9.17, 15) is 9.18 Å². The molecular weight excluding hydrogens is 325 g/mol. The maximum Gasteiger partial charge on any atom is 0.263 e. The van der Waals surface area contributed by atoms with Crippen molar-refractivity contribution in [3.8, 4) is 5.75 Å². The van der Waals surface area contributed by atoms with Gasteiger partial charge in [0.2, 0.25) is 0 Å². The van der Waals surface area contributed by atoms with E-state index in [0.717, 1.165) is 23.3 Å². The van der Waals surface area contributed by atoms with Gasteiger partial charge in [-0.15, -0.1) is 11.3 Å². The third-order valence-corrected chi connectivity index (χ3v) is 5.75. The number of hydrogen-bond acceptors (Lipinski definition) is 3. The molecule has 2 aromatic rings. The lowest BCUT2D eigenvalue weighted by Gasteiger charge is -2.17. The van der Waals surface area contributed by atoms with E-state index >= 15 is 0 Å². The van der Waals surface area contributed by atoms with E-state index in [1.54, 1.807) is 35.4 Å². The summed E-state index contributed by atoms with van der Waals surface area (Å²) < 4.78 is 18.7. The van der Waals surface area contributed by atoms with Crippen molar-refractivity contribution in [3.63, 3.8) is 0 Å². The average molecular weight is 347 g/mol. The van der Waals surface area contributed by atoms with Crippen molar-refractivity contribution >= 4 is 17.2 Å². The van der Waals surface area contributed by atoms with Crippen LogP contribution in [0.25, 0.3) is 0 Å². The van der Waals surface area contributed by atoms with Crippen molar-refractivity contribution in [3.05, 3.63) is 51.0 Å². The van der Waals surface area contributed by atoms with Crippen LogP contribution >= 0.6 is 11.3 Å². The van der Waals surface area contributed by atoms with Crippen LogP contribution in [0.15, 0.2) is 24.3 Å². The number of carbonyl (C=O) groups excluding carboxylic acids is 1. The molecule has 1 aliphatic rings. The van der Waals surface area contributed by atoms with Gasteiger partial charge in [0.15, 0.2) is 11.6 Å². The molecule has 1 unspecified atom stereocenters. The van der Waals surface area contributed by atoms with Crippen LogP contribution in [-0.2, 0) is 19.4 Å². The quantitative estimate of drug-likeness (QED) is 0.825. The molecule has 1 heterocycles. The number of aryl methyl sites for hydroxylation is 1. The molecule has 1 amide bonds. The highest BCUT2D eigenvalue weighted by molar-refractivity contribution is 7.14. The number of methoxy groups -OCH3 is 1. The van der Waals surface area contributed by atoms with Crippen LogP contribution in [-0.4, -0.2) is 25.0 Å². The number of thiophene rings is 1. The summed E-state index contributed by atoms with van der Waals surface area (Å²) in [5.41, 5.74) is 2.07. The largest absolute Gasteiger partial charge is 0.494 e. The first-order valence-corrected chi connectivity index (χ1v) is 8.99. The minimum atomic E-state index is -0.406. The van der Waals surface area contributed by atoms with Crippen molar-refractivity contribution in [2.24, 2.45) is 5.92 Å². The van der Waals surface area contributed by atoms with Gasteiger partial charge in [0.25, 0.3) is 5.91 Å². The smallest absolute Gasteiger partial charge is 0.263 e. The molecule has 1 aliphatic carbocycles. The fourth-order valence-electron chi connectivity index (χ4n) is 3.15. The molecule has 128 valence electrons. The van der Waals surface area contributed by atoms with Gasteiger partial charge in [-0.1, -0.05) is 13.0 Å². The van der Waals surface area contributed by atoms with E-state index in [2.05, 4.69) is 6.92 Å². The summed E-state index contributed by atoms with van der Waals surface area (Å²) in [5.74, 6) is 0.498. The zero-order valence-electron chi connectivity index (χ0n) is 14.3. The molecular formula is C19H22FNO2S. The third kappa shape index (κ3) is 3.46. The van der Waals surface area contributed by atoms with Crippen molar-refractivity contribution in [2.45, 2.75) is 32.7 Å². The number of nitrogens with zero attached hydrogens (tertiary/aromatic N) is 1. The zero-order valence-corrected chi connectivity index (χ0v) is 15.1. The Morgan fingerprint density at radius 1 is 1.42 bits per heavy atom. The van der Waals surface area contributed by atoms with E-state index in [0.29, 0.717) is 12.5 Å². The Hall–Kier alpha value is -1.88. The molecule has 1 aromatic heterocycles. The number of carbonyl (C=O) groups is 1. The molecule has 5 heteroatoms. The maximum absolute atomic E-state index is 13.8. The lowest BCUT2D eigenvalue weighted by molar-refractivity contribution is 0.0789. The number of fused-ring (bicyclic) bond motifs is 1. The minimum Gasteiger partial charge on any atom is -0.494 e. The van der Waals surface area contributed by atoms with E-state index < -0.39 is 5.82 Å². The number of rotatable bonds is 4. The summed E-state index contributed by atoms with van der Waals surface area (Å²) in [7, 11) is 3.19. The Morgan fingerprint density at radius 3 is 2.92 bits per heavy atom. The lowest BCUT2D eigenvalue weighted by atomic mass is 9.90. The second-order valence-electron chi connectivity index (χ2n) is 6.54. The fourth-order valence-corrected chi connectivity index (χ4v) is 4.36. The van der Waals surface area contributed by atoms with Crippen molar-refractivity contribution in [1.29, 1.82) is 0 Å². The zero-order chi connectivity index (χ0) is 17.3. The number of halogens is 1. The van der Waals surface area contributed by atoms with E-state index in [1.807, 2.05) is 6.07 Å². The maximum atomic E-state index is 13.8. The molecule has 0 N–H and O–H groups in total. The second kappa shape index (κ2) is 6.93. The van der Waals surface area contributed by atoms with E-state index in [4.69, 9.17) is 4.74 Å². The first kappa shape index (κ1) is 17.0. The van der Waals surface area contributed by atoms with Crippen LogP contribution in [0.1, 0.15) is 39.0 Å². The predicted molar refractivity (Wildman–Crippen MR) is 94.3 cm³/mol. The van der Waals surface area contributed by atoms with Crippen LogP contribution < -0.4 is 4.74 Å². The van der Waals surface area contributed by atoms with Crippen LogP contribution in [0.3, 0.4) is 0 Å². The van der Waals surface area contributed by atoms with Gasteiger partial charge in [-0.25, -0.2) is 4.39 Å². The number of ether oxygens (including phenoxy) is 1. The summed E-state index contributed by atoms with van der Waals surface area (Å²) in [4.78, 5) is 16.4. The molecule has 0 aliphatic heterocycles. The van der Waals surface area contributed by atoms with Crippen molar-refractivity contribution in [1.82, 2.24) is 4.90 Å². The van der Waals surface area contributed by atoms with Crippen LogP contribution in [0, 0.1) is 11.7 Å². The van der Waals surface area contributed by atoms with Gasteiger partial charge in [0.1, 0.15) is 0 Å². The molecule has 0 saturated carbocycles. The van der Waals surface area contributed by atoms with Crippen LogP contribution in [0.4, 0.5) is 4.39 Å². The van der Waals surface area contributed by atoms with Gasteiger partial charge < -0.3 is 9.64 Å². The van der Waals surface area contributed by atoms with Gasteiger partial charge >= 0.3 is 0 Å². The summed E-state index contributed by atoms with van der Waals surface area (Å²) in [6.07, 6.45) is 3.33. The number of amides is 1. The Morgan fingerprint density at radius 2 is 2.21 bits per heavy atom. The summed E-state index contributed by atoms with van der Waals surface area (Å²) in [5, 5.41) is 0. The lowest BCUT2D eigenvalue weighted by Crippen LogP contribution is -2.25. The van der Waals surface area contributed by atoms with E-state index in [1.165, 1.54) is 30.0 Å². The van der Waals surface area contributed by atoms with Gasteiger partial charge in [0, 0.05) is 18.5 Å². The highest BCUT2D eigenvalue weighted by Crippen LogP contribution is 2.32.